The number of para-hydroxylation sites is 5. The summed E-state index contributed by atoms with van der Waals surface area (Å²) in [5, 5.41) is 9.79. The highest BCUT2D eigenvalue weighted by atomic mass is 32.1. The highest BCUT2D eigenvalue weighted by Crippen LogP contribution is 2.46. The molecule has 4 heteroatoms. The lowest BCUT2D eigenvalue weighted by Crippen LogP contribution is -1.95. The molecule has 4 aromatic heterocycles. The standard InChI is InChI=1S/C54H32N2OS/c1-2-13-35(14-3-1)55-47-21-8-4-15-37(47)39-27-25-34(30-50(39)55)33-26-28-49-44(29-33)38-16-5-9-22-48(38)56(49)36-31-45-41-18-7-11-24-52(41)58-54(45)46(32-36)43-20-12-19-42-40-17-6-10-23-51(40)57-53(42)43/h1-32H. The van der Waals surface area contributed by atoms with Gasteiger partial charge in [0.2, 0.25) is 0 Å². The van der Waals surface area contributed by atoms with Crippen molar-refractivity contribution in [2.75, 3.05) is 0 Å². The van der Waals surface area contributed by atoms with Gasteiger partial charge in [-0.25, -0.2) is 0 Å². The summed E-state index contributed by atoms with van der Waals surface area (Å²) in [7, 11) is 0. The highest BCUT2D eigenvalue weighted by Gasteiger charge is 2.21. The van der Waals surface area contributed by atoms with Crippen LogP contribution in [0.1, 0.15) is 0 Å². The molecule has 0 radical (unpaired) electrons. The second-order valence-electron chi connectivity index (χ2n) is 15.3. The second kappa shape index (κ2) is 12.1. The van der Waals surface area contributed by atoms with Crippen LogP contribution in [0.25, 0.3) is 119 Å². The number of hydrogen-bond donors (Lipinski definition) is 0. The van der Waals surface area contributed by atoms with E-state index in [1.165, 1.54) is 80.5 Å². The van der Waals surface area contributed by atoms with E-state index >= 15 is 0 Å². The van der Waals surface area contributed by atoms with E-state index in [1.54, 1.807) is 0 Å². The molecule has 3 nitrogen and oxygen atoms in total. The van der Waals surface area contributed by atoms with E-state index in [0.717, 1.165) is 38.9 Å². The normalized spacial score (nSPS) is 12.1. The Morgan fingerprint density at radius 1 is 0.345 bits per heavy atom. The van der Waals surface area contributed by atoms with E-state index < -0.39 is 0 Å². The maximum Gasteiger partial charge on any atom is 0.143 e. The third kappa shape index (κ3) is 4.49. The first-order chi connectivity index (χ1) is 28.8. The SMILES string of the molecule is c1ccc(-n2c3ccccc3c3ccc(-c4ccc5c(c4)c4ccccc4n5-c4cc(-c5cccc6c5oc5ccccc56)c5sc6ccccc6c5c4)cc32)cc1. The molecule has 0 fully saturated rings. The van der Waals surface area contributed by atoms with Gasteiger partial charge in [0.05, 0.1) is 22.1 Å². The molecule has 13 rings (SSSR count). The van der Waals surface area contributed by atoms with Crippen molar-refractivity contribution in [2.24, 2.45) is 0 Å². The number of furan rings is 1. The summed E-state index contributed by atoms with van der Waals surface area (Å²) in [6.45, 7) is 0. The number of rotatable bonds is 4. The molecule has 58 heavy (non-hydrogen) atoms. The summed E-state index contributed by atoms with van der Waals surface area (Å²) in [6, 6.07) is 70.7. The average molecular weight is 757 g/mol. The molecule has 0 N–H and O–H groups in total. The van der Waals surface area contributed by atoms with Gasteiger partial charge >= 0.3 is 0 Å². The van der Waals surface area contributed by atoms with Crippen molar-refractivity contribution in [3.05, 3.63) is 194 Å². The maximum atomic E-state index is 6.66. The van der Waals surface area contributed by atoms with Crippen LogP contribution >= 0.6 is 11.3 Å². The van der Waals surface area contributed by atoms with Crippen molar-refractivity contribution in [3.8, 4) is 33.6 Å². The molecule has 9 aromatic carbocycles. The predicted octanol–water partition coefficient (Wildman–Crippen LogP) is 15.5. The molecule has 0 saturated heterocycles. The molecule has 13 aromatic rings. The summed E-state index contributed by atoms with van der Waals surface area (Å²) in [5.41, 5.74) is 13.6. The smallest absolute Gasteiger partial charge is 0.143 e. The van der Waals surface area contributed by atoms with Gasteiger partial charge in [0.25, 0.3) is 0 Å². The van der Waals surface area contributed by atoms with Crippen molar-refractivity contribution in [3.63, 3.8) is 0 Å². The third-order valence-electron chi connectivity index (χ3n) is 12.1. The fourth-order valence-electron chi connectivity index (χ4n) is 9.54. The Morgan fingerprint density at radius 3 is 1.81 bits per heavy atom. The fraction of sp³-hybridized carbons (Fsp3) is 0. The van der Waals surface area contributed by atoms with Crippen molar-refractivity contribution < 1.29 is 4.42 Å². The quantitative estimate of drug-likeness (QED) is 0.175. The number of aromatic nitrogens is 2. The largest absolute Gasteiger partial charge is 0.455 e. The van der Waals surface area contributed by atoms with Gasteiger partial charge in [-0.2, -0.15) is 0 Å². The molecule has 0 unspecified atom stereocenters. The molecule has 0 amide bonds. The van der Waals surface area contributed by atoms with E-state index in [9.17, 15) is 0 Å². The van der Waals surface area contributed by atoms with Crippen LogP contribution in [-0.4, -0.2) is 9.13 Å². The molecular formula is C54H32N2OS. The molecule has 4 heterocycles. The molecular weight excluding hydrogens is 725 g/mol. The summed E-state index contributed by atoms with van der Waals surface area (Å²) < 4.78 is 14.1. The summed E-state index contributed by atoms with van der Waals surface area (Å²) in [4.78, 5) is 0. The van der Waals surface area contributed by atoms with Gasteiger partial charge in [0.1, 0.15) is 11.2 Å². The van der Waals surface area contributed by atoms with Crippen molar-refractivity contribution >= 4 is 97.1 Å². The lowest BCUT2D eigenvalue weighted by molar-refractivity contribution is 0.670. The van der Waals surface area contributed by atoms with E-state index in [2.05, 4.69) is 197 Å². The lowest BCUT2D eigenvalue weighted by Gasteiger charge is -2.13. The van der Waals surface area contributed by atoms with Crippen LogP contribution in [0.3, 0.4) is 0 Å². The highest BCUT2D eigenvalue weighted by molar-refractivity contribution is 7.26. The second-order valence-corrected chi connectivity index (χ2v) is 16.3. The van der Waals surface area contributed by atoms with Gasteiger partial charge < -0.3 is 13.6 Å². The molecule has 270 valence electrons. The topological polar surface area (TPSA) is 23.0 Å². The van der Waals surface area contributed by atoms with Gasteiger partial charge in [-0.1, -0.05) is 127 Å². The van der Waals surface area contributed by atoms with Crippen LogP contribution in [0.4, 0.5) is 0 Å². The number of benzene rings is 9. The van der Waals surface area contributed by atoms with Crippen LogP contribution in [0.15, 0.2) is 199 Å². The van der Waals surface area contributed by atoms with Gasteiger partial charge in [-0.3, -0.25) is 0 Å². The Hall–Kier alpha value is -7.40. The van der Waals surface area contributed by atoms with Crippen molar-refractivity contribution in [2.45, 2.75) is 0 Å². The summed E-state index contributed by atoms with van der Waals surface area (Å²) in [6.07, 6.45) is 0. The maximum absolute atomic E-state index is 6.66. The molecule has 0 aliphatic rings. The Bertz CT molecular complexity index is 3800. The average Bonchev–Trinajstić information content (AvgIpc) is 4.04. The zero-order chi connectivity index (χ0) is 37.9. The Morgan fingerprint density at radius 2 is 0.966 bits per heavy atom. The fourth-order valence-corrected chi connectivity index (χ4v) is 10.7. The van der Waals surface area contributed by atoms with Crippen molar-refractivity contribution in [1.82, 2.24) is 9.13 Å². The van der Waals surface area contributed by atoms with Crippen LogP contribution in [0.2, 0.25) is 0 Å². The lowest BCUT2D eigenvalue weighted by atomic mass is 9.99. The van der Waals surface area contributed by atoms with Crippen molar-refractivity contribution in [1.29, 1.82) is 0 Å². The minimum atomic E-state index is 0.910. The Kier molecular flexibility index (Phi) is 6.60. The molecule has 0 aliphatic carbocycles. The summed E-state index contributed by atoms with van der Waals surface area (Å²) >= 11 is 1.86. The molecule has 0 bridgehead atoms. The zero-order valence-corrected chi connectivity index (χ0v) is 32.0. The molecule has 0 atom stereocenters. The number of hydrogen-bond acceptors (Lipinski definition) is 2. The molecule has 0 spiro atoms. The minimum Gasteiger partial charge on any atom is -0.455 e. The van der Waals surface area contributed by atoms with E-state index in [4.69, 9.17) is 4.42 Å². The van der Waals surface area contributed by atoms with Gasteiger partial charge in [-0.15, -0.1) is 11.3 Å². The Balaban J connectivity index is 1.05. The molecule has 0 saturated carbocycles. The van der Waals surface area contributed by atoms with E-state index in [0.29, 0.717) is 0 Å². The van der Waals surface area contributed by atoms with E-state index in [1.807, 2.05) is 17.4 Å². The zero-order valence-electron chi connectivity index (χ0n) is 31.2. The van der Waals surface area contributed by atoms with Crippen LogP contribution in [0.5, 0.6) is 0 Å². The van der Waals surface area contributed by atoms with Gasteiger partial charge in [0, 0.05) is 75.0 Å². The number of fused-ring (bicyclic) bond motifs is 12. The summed E-state index contributed by atoms with van der Waals surface area (Å²) in [5.74, 6) is 0. The first-order valence-corrected chi connectivity index (χ1v) is 20.6. The van der Waals surface area contributed by atoms with Crippen LogP contribution in [-0.2, 0) is 0 Å². The number of nitrogens with zero attached hydrogens (tertiary/aromatic N) is 2. The predicted molar refractivity (Wildman–Crippen MR) is 246 cm³/mol. The van der Waals surface area contributed by atoms with Crippen LogP contribution < -0.4 is 0 Å². The number of thiophene rings is 1. The first kappa shape index (κ1) is 31.8. The van der Waals surface area contributed by atoms with E-state index in [-0.39, 0.29) is 0 Å². The van der Waals surface area contributed by atoms with Gasteiger partial charge in [-0.05, 0) is 77.9 Å². The van der Waals surface area contributed by atoms with Gasteiger partial charge in [0.15, 0.2) is 0 Å². The minimum absolute atomic E-state index is 0.910. The first-order valence-electron chi connectivity index (χ1n) is 19.8. The third-order valence-corrected chi connectivity index (χ3v) is 13.3. The van der Waals surface area contributed by atoms with Crippen LogP contribution in [0, 0.1) is 0 Å². The molecule has 0 aliphatic heterocycles. The Labute approximate surface area is 336 Å². The monoisotopic (exact) mass is 756 g/mol.